The molecule has 3 heterocycles. The average Bonchev–Trinajstić information content (AvgIpc) is 2.79. The summed E-state index contributed by atoms with van der Waals surface area (Å²) in [7, 11) is 1.58. The SMILES string of the molecule is COc1ccc2c(c1)C(=O)CC1(CCN(C(=O)c3ccc4nc(C)c(C)nc4c3)CC1)O2. The number of hydrogen-bond donors (Lipinski definition) is 0. The van der Waals surface area contributed by atoms with E-state index >= 15 is 0 Å². The molecule has 32 heavy (non-hydrogen) atoms. The molecule has 1 amide bonds. The molecule has 1 spiro atoms. The molecule has 7 heteroatoms. The number of aromatic nitrogens is 2. The molecule has 2 aromatic carbocycles. The number of likely N-dealkylation sites (tertiary alicyclic amines) is 1. The molecule has 5 rings (SSSR count). The maximum atomic E-state index is 13.2. The fourth-order valence-corrected chi connectivity index (χ4v) is 4.54. The van der Waals surface area contributed by atoms with E-state index in [-0.39, 0.29) is 11.7 Å². The number of Topliss-reactive ketones (excluding diaryl/α,β-unsaturated/α-hetero) is 1. The van der Waals surface area contributed by atoms with Crippen LogP contribution in [-0.2, 0) is 0 Å². The maximum absolute atomic E-state index is 13.2. The van der Waals surface area contributed by atoms with E-state index in [0.717, 1.165) is 22.4 Å². The molecule has 0 radical (unpaired) electrons. The number of rotatable bonds is 2. The van der Waals surface area contributed by atoms with E-state index in [1.54, 1.807) is 25.3 Å². The molecule has 1 fully saturated rings. The summed E-state index contributed by atoms with van der Waals surface area (Å²) in [6.45, 7) is 4.92. The van der Waals surface area contributed by atoms with E-state index < -0.39 is 5.60 Å². The van der Waals surface area contributed by atoms with Crippen LogP contribution in [0.1, 0.15) is 51.4 Å². The Hall–Kier alpha value is -3.48. The van der Waals surface area contributed by atoms with Crippen LogP contribution in [0.5, 0.6) is 11.5 Å². The average molecular weight is 431 g/mol. The molecule has 0 bridgehead atoms. The molecular formula is C25H25N3O4. The van der Waals surface area contributed by atoms with E-state index in [1.165, 1.54) is 0 Å². The van der Waals surface area contributed by atoms with Crippen molar-refractivity contribution in [3.63, 3.8) is 0 Å². The zero-order valence-corrected chi connectivity index (χ0v) is 18.5. The zero-order valence-electron chi connectivity index (χ0n) is 18.5. The minimum absolute atomic E-state index is 0.0333. The van der Waals surface area contributed by atoms with Crippen molar-refractivity contribution in [2.24, 2.45) is 0 Å². The van der Waals surface area contributed by atoms with Crippen molar-refractivity contribution in [3.8, 4) is 11.5 Å². The van der Waals surface area contributed by atoms with Gasteiger partial charge in [0.1, 0.15) is 17.1 Å². The number of ether oxygens (including phenoxy) is 2. The lowest BCUT2D eigenvalue weighted by Crippen LogP contribution is -2.52. The number of ketones is 1. The number of methoxy groups -OCH3 is 1. The van der Waals surface area contributed by atoms with Gasteiger partial charge in [-0.05, 0) is 50.2 Å². The van der Waals surface area contributed by atoms with Gasteiger partial charge in [-0.25, -0.2) is 9.97 Å². The largest absolute Gasteiger partial charge is 0.497 e. The number of nitrogens with zero attached hydrogens (tertiary/aromatic N) is 3. The third-order valence-corrected chi connectivity index (χ3v) is 6.58. The maximum Gasteiger partial charge on any atom is 0.253 e. The first kappa shape index (κ1) is 20.4. The molecule has 0 saturated carbocycles. The molecule has 0 atom stereocenters. The summed E-state index contributed by atoms with van der Waals surface area (Å²) >= 11 is 0. The van der Waals surface area contributed by atoms with Crippen molar-refractivity contribution in [2.45, 2.75) is 38.7 Å². The highest BCUT2D eigenvalue weighted by atomic mass is 16.5. The van der Waals surface area contributed by atoms with E-state index in [9.17, 15) is 9.59 Å². The van der Waals surface area contributed by atoms with Crippen LogP contribution < -0.4 is 9.47 Å². The highest BCUT2D eigenvalue weighted by molar-refractivity contribution is 6.01. The second kappa shape index (κ2) is 7.58. The summed E-state index contributed by atoms with van der Waals surface area (Å²) in [5.74, 6) is 1.26. The van der Waals surface area contributed by atoms with E-state index in [4.69, 9.17) is 9.47 Å². The van der Waals surface area contributed by atoms with E-state index in [0.29, 0.717) is 55.0 Å². The van der Waals surface area contributed by atoms with Gasteiger partial charge in [0.25, 0.3) is 5.91 Å². The van der Waals surface area contributed by atoms with Gasteiger partial charge in [-0.1, -0.05) is 0 Å². The predicted molar refractivity (Wildman–Crippen MR) is 119 cm³/mol. The quantitative estimate of drug-likeness (QED) is 0.612. The van der Waals surface area contributed by atoms with Gasteiger partial charge in [0.15, 0.2) is 5.78 Å². The Kier molecular flexibility index (Phi) is 4.84. The number of carbonyl (C=O) groups is 2. The number of piperidine rings is 1. The molecule has 0 aliphatic carbocycles. The summed E-state index contributed by atoms with van der Waals surface area (Å²) in [6, 6.07) is 10.8. The molecular weight excluding hydrogens is 406 g/mol. The van der Waals surface area contributed by atoms with Crippen LogP contribution in [0.3, 0.4) is 0 Å². The minimum atomic E-state index is -0.557. The molecule has 2 aliphatic rings. The van der Waals surface area contributed by atoms with Crippen molar-refractivity contribution in [1.29, 1.82) is 0 Å². The third kappa shape index (κ3) is 3.47. The van der Waals surface area contributed by atoms with Crippen molar-refractivity contribution in [3.05, 3.63) is 58.9 Å². The van der Waals surface area contributed by atoms with Crippen molar-refractivity contribution < 1.29 is 19.1 Å². The van der Waals surface area contributed by atoms with Crippen LogP contribution in [0.2, 0.25) is 0 Å². The fraction of sp³-hybridized carbons (Fsp3) is 0.360. The second-order valence-electron chi connectivity index (χ2n) is 8.64. The Morgan fingerprint density at radius 2 is 1.75 bits per heavy atom. The minimum Gasteiger partial charge on any atom is -0.497 e. The normalized spacial score (nSPS) is 17.2. The molecule has 0 unspecified atom stereocenters. The Bertz CT molecular complexity index is 1250. The van der Waals surface area contributed by atoms with Gasteiger partial charge in [0.2, 0.25) is 0 Å². The topological polar surface area (TPSA) is 81.6 Å². The highest BCUT2D eigenvalue weighted by Gasteiger charge is 2.43. The summed E-state index contributed by atoms with van der Waals surface area (Å²) in [6.07, 6.45) is 1.54. The molecule has 0 N–H and O–H groups in total. The smallest absolute Gasteiger partial charge is 0.253 e. The van der Waals surface area contributed by atoms with Gasteiger partial charge in [-0.2, -0.15) is 0 Å². The fourth-order valence-electron chi connectivity index (χ4n) is 4.54. The standard InChI is InChI=1S/C25H25N3O4/c1-15-16(2)27-21-12-17(4-6-20(21)26-15)24(30)28-10-8-25(9-11-28)14-22(29)19-13-18(31-3)5-7-23(19)32-25/h4-7,12-13H,8-11,14H2,1-3H3. The number of carbonyl (C=O) groups excluding carboxylic acids is 2. The third-order valence-electron chi connectivity index (χ3n) is 6.58. The van der Waals surface area contributed by atoms with E-state index in [1.807, 2.05) is 36.9 Å². The Labute approximate surface area is 186 Å². The number of aryl methyl sites for hydroxylation is 2. The first-order chi connectivity index (χ1) is 15.4. The molecule has 1 saturated heterocycles. The summed E-state index contributed by atoms with van der Waals surface area (Å²) in [4.78, 5) is 36.9. The first-order valence-corrected chi connectivity index (χ1v) is 10.8. The van der Waals surface area contributed by atoms with Crippen LogP contribution in [0.15, 0.2) is 36.4 Å². The van der Waals surface area contributed by atoms with Crippen LogP contribution >= 0.6 is 0 Å². The second-order valence-corrected chi connectivity index (χ2v) is 8.64. The van der Waals surface area contributed by atoms with Crippen molar-refractivity contribution >= 4 is 22.7 Å². The monoisotopic (exact) mass is 431 g/mol. The van der Waals surface area contributed by atoms with Crippen LogP contribution in [0.4, 0.5) is 0 Å². The van der Waals surface area contributed by atoms with Crippen LogP contribution in [0, 0.1) is 13.8 Å². The van der Waals surface area contributed by atoms with Crippen LogP contribution in [0.25, 0.3) is 11.0 Å². The van der Waals surface area contributed by atoms with Gasteiger partial charge in [-0.15, -0.1) is 0 Å². The number of benzene rings is 2. The summed E-state index contributed by atoms with van der Waals surface area (Å²) in [5.41, 5.74) is 3.87. The van der Waals surface area contributed by atoms with Gasteiger partial charge < -0.3 is 14.4 Å². The lowest BCUT2D eigenvalue weighted by Gasteiger charge is -2.44. The molecule has 1 aromatic heterocycles. The zero-order chi connectivity index (χ0) is 22.5. The Morgan fingerprint density at radius 1 is 1.03 bits per heavy atom. The molecule has 7 nitrogen and oxygen atoms in total. The Balaban J connectivity index is 1.32. The number of hydrogen-bond acceptors (Lipinski definition) is 6. The van der Waals surface area contributed by atoms with Gasteiger partial charge in [0, 0.05) is 31.5 Å². The molecule has 2 aliphatic heterocycles. The predicted octanol–water partition coefficient (Wildman–Crippen LogP) is 3.90. The Morgan fingerprint density at radius 3 is 2.47 bits per heavy atom. The summed E-state index contributed by atoms with van der Waals surface area (Å²) < 4.78 is 11.5. The molecule has 164 valence electrons. The highest BCUT2D eigenvalue weighted by Crippen LogP contribution is 2.40. The number of amides is 1. The van der Waals surface area contributed by atoms with Crippen LogP contribution in [-0.4, -0.2) is 52.4 Å². The van der Waals surface area contributed by atoms with Crippen molar-refractivity contribution in [2.75, 3.05) is 20.2 Å². The summed E-state index contributed by atoms with van der Waals surface area (Å²) in [5, 5.41) is 0. The van der Waals surface area contributed by atoms with Crippen molar-refractivity contribution in [1.82, 2.24) is 14.9 Å². The first-order valence-electron chi connectivity index (χ1n) is 10.8. The van der Waals surface area contributed by atoms with Gasteiger partial charge >= 0.3 is 0 Å². The van der Waals surface area contributed by atoms with Gasteiger partial charge in [-0.3, -0.25) is 9.59 Å². The lowest BCUT2D eigenvalue weighted by molar-refractivity contribution is -0.00576. The molecule has 3 aromatic rings. The lowest BCUT2D eigenvalue weighted by atomic mass is 9.82. The van der Waals surface area contributed by atoms with E-state index in [2.05, 4.69) is 9.97 Å². The number of fused-ring (bicyclic) bond motifs is 2. The van der Waals surface area contributed by atoms with Gasteiger partial charge in [0.05, 0.1) is 41.5 Å².